The van der Waals surface area contributed by atoms with Gasteiger partial charge in [0.05, 0.1) is 17.3 Å². The number of nitrogens with zero attached hydrogens (tertiary/aromatic N) is 3. The number of hydrogen-bond acceptors (Lipinski definition) is 4. The van der Waals surface area contributed by atoms with Crippen LogP contribution < -0.4 is 4.90 Å². The molecule has 1 unspecified atom stereocenters. The molecule has 1 aromatic rings. The molecule has 1 N–H and O–H groups in total. The van der Waals surface area contributed by atoms with Crippen molar-refractivity contribution in [2.24, 2.45) is 0 Å². The van der Waals surface area contributed by atoms with Gasteiger partial charge in [-0.1, -0.05) is 18.0 Å². The van der Waals surface area contributed by atoms with Crippen LogP contribution in [0.3, 0.4) is 0 Å². The number of anilines is 1. The lowest BCUT2D eigenvalue weighted by atomic mass is 9.99. The molecule has 2 aliphatic rings. The summed E-state index contributed by atoms with van der Waals surface area (Å²) in [5, 5.41) is 9.80. The van der Waals surface area contributed by atoms with Crippen molar-refractivity contribution in [2.45, 2.75) is 31.9 Å². The molecule has 4 nitrogen and oxygen atoms in total. The summed E-state index contributed by atoms with van der Waals surface area (Å²) in [6.45, 7) is 4.31. The van der Waals surface area contributed by atoms with E-state index in [-0.39, 0.29) is 6.61 Å². The molecular weight excluding hydrogens is 262 g/mol. The molecule has 2 fully saturated rings. The molecule has 3 heterocycles. The van der Waals surface area contributed by atoms with E-state index in [0.29, 0.717) is 16.8 Å². The Morgan fingerprint density at radius 1 is 1.26 bits per heavy atom. The smallest absolute Gasteiger partial charge is 0.129 e. The molecule has 2 saturated heterocycles. The first kappa shape index (κ1) is 13.2. The summed E-state index contributed by atoms with van der Waals surface area (Å²) in [7, 11) is 0. The number of fused-ring (bicyclic) bond motifs is 1. The zero-order valence-electron chi connectivity index (χ0n) is 11.1. The van der Waals surface area contributed by atoms with Crippen LogP contribution in [0.25, 0.3) is 0 Å². The van der Waals surface area contributed by atoms with Crippen LogP contribution in [-0.4, -0.2) is 47.2 Å². The molecule has 0 amide bonds. The minimum atomic E-state index is -0.101. The standard InChI is InChI=1S/C14H20ClN3O/c15-12-4-5-14(16-13(12)10-19)18-8-7-17-6-2-1-3-11(17)9-18/h4-5,11,19H,1-3,6-10H2. The Labute approximate surface area is 119 Å². The number of halogens is 1. The maximum atomic E-state index is 9.25. The first-order chi connectivity index (χ1) is 9.28. The molecule has 0 saturated carbocycles. The van der Waals surface area contributed by atoms with Crippen LogP contribution in [0.1, 0.15) is 25.0 Å². The average molecular weight is 282 g/mol. The van der Waals surface area contributed by atoms with Crippen LogP contribution in [0, 0.1) is 0 Å². The second-order valence-corrected chi connectivity index (χ2v) is 5.79. The summed E-state index contributed by atoms with van der Waals surface area (Å²) >= 11 is 6.00. The molecule has 1 aromatic heterocycles. The Morgan fingerprint density at radius 3 is 3.00 bits per heavy atom. The highest BCUT2D eigenvalue weighted by molar-refractivity contribution is 6.31. The van der Waals surface area contributed by atoms with Crippen LogP contribution in [0.15, 0.2) is 12.1 Å². The minimum absolute atomic E-state index is 0.101. The SMILES string of the molecule is OCc1nc(N2CCN3CCCCC3C2)ccc1Cl. The van der Waals surface area contributed by atoms with E-state index in [1.54, 1.807) is 0 Å². The van der Waals surface area contributed by atoms with Crippen molar-refractivity contribution in [1.29, 1.82) is 0 Å². The zero-order chi connectivity index (χ0) is 13.2. The molecule has 0 radical (unpaired) electrons. The van der Waals surface area contributed by atoms with Crippen LogP contribution in [0.2, 0.25) is 5.02 Å². The topological polar surface area (TPSA) is 39.6 Å². The third-order valence-corrected chi connectivity index (χ3v) is 4.56. The van der Waals surface area contributed by atoms with Gasteiger partial charge in [-0.3, -0.25) is 4.90 Å². The highest BCUT2D eigenvalue weighted by Gasteiger charge is 2.29. The van der Waals surface area contributed by atoms with Gasteiger partial charge in [0.25, 0.3) is 0 Å². The highest BCUT2D eigenvalue weighted by atomic mass is 35.5. The maximum Gasteiger partial charge on any atom is 0.129 e. The molecule has 1 atom stereocenters. The third kappa shape index (κ3) is 2.71. The monoisotopic (exact) mass is 281 g/mol. The number of aliphatic hydroxyl groups is 1. The van der Waals surface area contributed by atoms with E-state index in [1.165, 1.54) is 25.8 Å². The first-order valence-corrected chi connectivity index (χ1v) is 7.41. The van der Waals surface area contributed by atoms with Crippen molar-refractivity contribution in [3.63, 3.8) is 0 Å². The Hall–Kier alpha value is -0.840. The van der Waals surface area contributed by atoms with Crippen LogP contribution in [-0.2, 0) is 6.61 Å². The summed E-state index contributed by atoms with van der Waals surface area (Å²) in [4.78, 5) is 9.40. The highest BCUT2D eigenvalue weighted by Crippen LogP contribution is 2.25. The number of piperazine rings is 1. The molecule has 2 aliphatic heterocycles. The number of aromatic nitrogens is 1. The second kappa shape index (κ2) is 5.65. The van der Waals surface area contributed by atoms with Crippen molar-refractivity contribution < 1.29 is 5.11 Å². The van der Waals surface area contributed by atoms with Crippen LogP contribution in [0.5, 0.6) is 0 Å². The van der Waals surface area contributed by atoms with Gasteiger partial charge in [0.2, 0.25) is 0 Å². The fraction of sp³-hybridized carbons (Fsp3) is 0.643. The van der Waals surface area contributed by atoms with Crippen molar-refractivity contribution in [3.8, 4) is 0 Å². The van der Waals surface area contributed by atoms with E-state index >= 15 is 0 Å². The normalized spacial score (nSPS) is 24.3. The number of piperidine rings is 1. The van der Waals surface area contributed by atoms with Gasteiger partial charge in [0.15, 0.2) is 0 Å². The lowest BCUT2D eigenvalue weighted by Gasteiger charge is -2.44. The van der Waals surface area contributed by atoms with Gasteiger partial charge < -0.3 is 10.0 Å². The zero-order valence-corrected chi connectivity index (χ0v) is 11.8. The molecule has 104 valence electrons. The van der Waals surface area contributed by atoms with Gasteiger partial charge in [-0.15, -0.1) is 0 Å². The molecule has 0 aromatic carbocycles. The molecule has 3 rings (SSSR count). The minimum Gasteiger partial charge on any atom is -0.390 e. The van der Waals surface area contributed by atoms with E-state index in [9.17, 15) is 5.11 Å². The van der Waals surface area contributed by atoms with Crippen molar-refractivity contribution >= 4 is 17.4 Å². The van der Waals surface area contributed by atoms with Gasteiger partial charge >= 0.3 is 0 Å². The number of pyridine rings is 1. The van der Waals surface area contributed by atoms with E-state index in [0.717, 1.165) is 25.5 Å². The molecular formula is C14H20ClN3O. The quantitative estimate of drug-likeness (QED) is 0.899. The largest absolute Gasteiger partial charge is 0.390 e. The van der Waals surface area contributed by atoms with Gasteiger partial charge in [-0.25, -0.2) is 4.98 Å². The average Bonchev–Trinajstić information content (AvgIpc) is 2.47. The number of rotatable bonds is 2. The predicted octanol–water partition coefficient (Wildman–Crippen LogP) is 1.90. The Bertz CT molecular complexity index is 454. The summed E-state index contributed by atoms with van der Waals surface area (Å²) in [6, 6.07) is 4.46. The Morgan fingerprint density at radius 2 is 2.16 bits per heavy atom. The summed E-state index contributed by atoms with van der Waals surface area (Å²) < 4.78 is 0. The van der Waals surface area contributed by atoms with E-state index in [2.05, 4.69) is 14.8 Å². The van der Waals surface area contributed by atoms with E-state index in [4.69, 9.17) is 11.6 Å². The maximum absolute atomic E-state index is 9.25. The van der Waals surface area contributed by atoms with E-state index < -0.39 is 0 Å². The Balaban J connectivity index is 1.75. The van der Waals surface area contributed by atoms with Gasteiger partial charge in [-0.2, -0.15) is 0 Å². The number of aliphatic hydroxyl groups excluding tert-OH is 1. The lowest BCUT2D eigenvalue weighted by Crippen LogP contribution is -2.55. The van der Waals surface area contributed by atoms with Gasteiger partial charge in [-0.05, 0) is 31.5 Å². The predicted molar refractivity (Wildman–Crippen MR) is 76.6 cm³/mol. The van der Waals surface area contributed by atoms with Crippen molar-refractivity contribution in [3.05, 3.63) is 22.8 Å². The first-order valence-electron chi connectivity index (χ1n) is 7.03. The molecule has 0 bridgehead atoms. The fourth-order valence-electron chi connectivity index (χ4n) is 3.12. The van der Waals surface area contributed by atoms with Crippen LogP contribution in [0.4, 0.5) is 5.82 Å². The van der Waals surface area contributed by atoms with Crippen LogP contribution >= 0.6 is 11.6 Å². The summed E-state index contributed by atoms with van der Waals surface area (Å²) in [6.07, 6.45) is 3.96. The molecule has 0 aliphatic carbocycles. The third-order valence-electron chi connectivity index (χ3n) is 4.22. The van der Waals surface area contributed by atoms with E-state index in [1.807, 2.05) is 12.1 Å². The Kier molecular flexibility index (Phi) is 3.91. The summed E-state index contributed by atoms with van der Waals surface area (Å²) in [5.41, 5.74) is 0.574. The summed E-state index contributed by atoms with van der Waals surface area (Å²) in [5.74, 6) is 0.943. The van der Waals surface area contributed by atoms with Gasteiger partial charge in [0.1, 0.15) is 5.82 Å². The second-order valence-electron chi connectivity index (χ2n) is 5.39. The fourth-order valence-corrected chi connectivity index (χ4v) is 3.29. The molecule has 0 spiro atoms. The lowest BCUT2D eigenvalue weighted by molar-refractivity contribution is 0.133. The van der Waals surface area contributed by atoms with Crippen molar-refractivity contribution in [1.82, 2.24) is 9.88 Å². The molecule has 5 heteroatoms. The van der Waals surface area contributed by atoms with Gasteiger partial charge in [0, 0.05) is 25.7 Å². The number of hydrogen-bond donors (Lipinski definition) is 1. The molecule has 19 heavy (non-hydrogen) atoms. The van der Waals surface area contributed by atoms with Crippen molar-refractivity contribution in [2.75, 3.05) is 31.1 Å².